The van der Waals surface area contributed by atoms with E-state index in [0.29, 0.717) is 17.5 Å². The standard InChI is InChI=1S/C17H23N7.C16H20N6O/c1-12-19-20-17(22(12)2)15-13-8-9-14(18-16(13)23(3)21-15)24-10-6-4-5-7-11-24;1-11-18-19-16(23-11)14-12-7-8-13(17-15(12)21(2)20-14)22-9-5-3-4-6-10-22/h8-9H,4-7,10-11H2,1-3H3;7-8H,3-6,9-10H2,1-2H3. The summed E-state index contributed by atoms with van der Waals surface area (Å²) in [4.78, 5) is 14.5. The molecule has 0 unspecified atom stereocenters. The molecule has 2 aliphatic heterocycles. The molecule has 2 aliphatic rings. The van der Waals surface area contributed by atoms with Crippen LogP contribution in [0.2, 0.25) is 0 Å². The summed E-state index contributed by atoms with van der Waals surface area (Å²) in [7, 11) is 5.80. The van der Waals surface area contributed by atoms with E-state index in [-0.39, 0.29) is 0 Å². The molecule has 0 atom stereocenters. The summed E-state index contributed by atoms with van der Waals surface area (Å²) in [5.41, 5.74) is 3.27. The van der Waals surface area contributed by atoms with E-state index in [0.717, 1.165) is 77.2 Å². The van der Waals surface area contributed by atoms with Gasteiger partial charge in [-0.25, -0.2) is 19.3 Å². The Kier molecular flexibility index (Phi) is 8.56. The SMILES string of the molecule is Cc1nnc(-c2nn(C)c3nc(N4CCCCCC4)ccc23)n1C.Cc1nnc(-c2nn(C)c3nc(N4CCCCCC4)ccc23)o1. The first-order chi connectivity index (χ1) is 22.9. The third-order valence-electron chi connectivity index (χ3n) is 9.24. The summed E-state index contributed by atoms with van der Waals surface area (Å²) in [6, 6.07) is 8.36. The molecule has 47 heavy (non-hydrogen) atoms. The number of anilines is 2. The molecule has 8 rings (SSSR count). The van der Waals surface area contributed by atoms with Crippen LogP contribution in [0.5, 0.6) is 0 Å². The van der Waals surface area contributed by atoms with Crippen molar-refractivity contribution in [2.45, 2.75) is 65.2 Å². The highest BCUT2D eigenvalue weighted by Crippen LogP contribution is 2.30. The Hall–Kier alpha value is -4.88. The third-order valence-corrected chi connectivity index (χ3v) is 9.24. The molecular weight excluding hydrogens is 594 g/mol. The highest BCUT2D eigenvalue weighted by Gasteiger charge is 2.21. The van der Waals surface area contributed by atoms with Gasteiger partial charge in [-0.1, -0.05) is 25.7 Å². The minimum absolute atomic E-state index is 0.442. The maximum Gasteiger partial charge on any atom is 0.268 e. The second-order valence-corrected chi connectivity index (χ2v) is 12.6. The van der Waals surface area contributed by atoms with Gasteiger partial charge in [0.15, 0.2) is 22.8 Å². The number of fused-ring (bicyclic) bond motifs is 2. The maximum absolute atomic E-state index is 5.52. The second-order valence-electron chi connectivity index (χ2n) is 12.6. The Labute approximate surface area is 273 Å². The van der Waals surface area contributed by atoms with Crippen molar-refractivity contribution < 1.29 is 4.42 Å². The lowest BCUT2D eigenvalue weighted by Crippen LogP contribution is -2.24. The average molecular weight is 638 g/mol. The molecule has 0 N–H and O–H groups in total. The summed E-state index contributed by atoms with van der Waals surface area (Å²) in [5.74, 6) is 4.70. The predicted octanol–water partition coefficient (Wildman–Crippen LogP) is 5.16. The maximum atomic E-state index is 5.52. The molecule has 14 nitrogen and oxygen atoms in total. The van der Waals surface area contributed by atoms with Crippen molar-refractivity contribution in [1.82, 2.24) is 54.5 Å². The number of rotatable bonds is 4. The highest BCUT2D eigenvalue weighted by atomic mass is 16.4. The Bertz CT molecular complexity index is 1980. The molecule has 8 heterocycles. The molecular formula is C33H43N13O. The summed E-state index contributed by atoms with van der Waals surface area (Å²) in [5, 5.41) is 27.5. The molecule has 14 heteroatoms. The van der Waals surface area contributed by atoms with E-state index in [2.05, 4.69) is 64.7 Å². The van der Waals surface area contributed by atoms with E-state index >= 15 is 0 Å². The molecule has 0 amide bonds. The molecule has 6 aromatic heterocycles. The van der Waals surface area contributed by atoms with Crippen LogP contribution in [-0.2, 0) is 21.1 Å². The van der Waals surface area contributed by atoms with E-state index in [1.807, 2.05) is 37.3 Å². The van der Waals surface area contributed by atoms with Crippen LogP contribution in [0.1, 0.15) is 63.1 Å². The van der Waals surface area contributed by atoms with E-state index < -0.39 is 0 Å². The third kappa shape index (κ3) is 6.15. The summed E-state index contributed by atoms with van der Waals surface area (Å²) >= 11 is 0. The molecule has 0 spiro atoms. The molecule has 0 aromatic carbocycles. The van der Waals surface area contributed by atoms with Gasteiger partial charge in [0.2, 0.25) is 5.89 Å². The van der Waals surface area contributed by atoms with Crippen molar-refractivity contribution in [2.24, 2.45) is 21.1 Å². The molecule has 2 fully saturated rings. The van der Waals surface area contributed by atoms with E-state index in [1.54, 1.807) is 11.6 Å². The zero-order valence-corrected chi connectivity index (χ0v) is 28.0. The van der Waals surface area contributed by atoms with Crippen LogP contribution >= 0.6 is 0 Å². The van der Waals surface area contributed by atoms with Gasteiger partial charge < -0.3 is 18.8 Å². The molecule has 6 aromatic rings. The Morgan fingerprint density at radius 2 is 1.09 bits per heavy atom. The van der Waals surface area contributed by atoms with Gasteiger partial charge in [0.05, 0.1) is 10.8 Å². The lowest BCUT2D eigenvalue weighted by atomic mass is 10.2. The monoisotopic (exact) mass is 637 g/mol. The van der Waals surface area contributed by atoms with Gasteiger partial charge in [-0.15, -0.1) is 20.4 Å². The number of hydrogen-bond acceptors (Lipinski definition) is 11. The number of aromatic nitrogens is 11. The van der Waals surface area contributed by atoms with Crippen molar-refractivity contribution >= 4 is 33.7 Å². The molecule has 246 valence electrons. The van der Waals surface area contributed by atoms with Gasteiger partial charge in [0.1, 0.15) is 23.2 Å². The summed E-state index contributed by atoms with van der Waals surface area (Å²) in [6.07, 6.45) is 10.2. The van der Waals surface area contributed by atoms with Gasteiger partial charge in [0.25, 0.3) is 5.89 Å². The number of hydrogen-bond donors (Lipinski definition) is 0. The van der Waals surface area contributed by atoms with Gasteiger partial charge in [-0.05, 0) is 56.9 Å². The molecule has 0 aliphatic carbocycles. The van der Waals surface area contributed by atoms with Crippen molar-refractivity contribution in [2.75, 3.05) is 36.0 Å². The molecule has 2 saturated heterocycles. The van der Waals surface area contributed by atoms with Crippen molar-refractivity contribution in [3.05, 3.63) is 36.0 Å². The predicted molar refractivity (Wildman–Crippen MR) is 181 cm³/mol. The summed E-state index contributed by atoms with van der Waals surface area (Å²) in [6.45, 7) is 8.05. The van der Waals surface area contributed by atoms with Gasteiger partial charge in [-0.3, -0.25) is 0 Å². The first-order valence-electron chi connectivity index (χ1n) is 16.7. The van der Waals surface area contributed by atoms with Gasteiger partial charge >= 0.3 is 0 Å². The quantitative estimate of drug-likeness (QED) is 0.253. The van der Waals surface area contributed by atoms with Crippen molar-refractivity contribution in [3.8, 4) is 23.1 Å². The van der Waals surface area contributed by atoms with Crippen molar-refractivity contribution in [1.29, 1.82) is 0 Å². The van der Waals surface area contributed by atoms with Crippen LogP contribution in [-0.4, -0.2) is 80.7 Å². The fraction of sp³-hybridized carbons (Fsp3) is 0.515. The first-order valence-corrected chi connectivity index (χ1v) is 16.7. The Balaban J connectivity index is 0.000000150. The average Bonchev–Trinajstić information content (AvgIpc) is 3.68. The van der Waals surface area contributed by atoms with Crippen LogP contribution in [0.15, 0.2) is 28.7 Å². The zero-order valence-electron chi connectivity index (χ0n) is 28.0. The molecule has 0 bridgehead atoms. The lowest BCUT2D eigenvalue weighted by Gasteiger charge is -2.21. The number of nitrogens with zero attached hydrogens (tertiary/aromatic N) is 13. The highest BCUT2D eigenvalue weighted by molar-refractivity contribution is 5.91. The number of aryl methyl sites for hydroxylation is 4. The molecule has 0 saturated carbocycles. The topological polar surface area (TPSA) is 138 Å². The Morgan fingerprint density at radius 1 is 0.574 bits per heavy atom. The van der Waals surface area contributed by atoms with Crippen LogP contribution in [0, 0.1) is 13.8 Å². The first kappa shape index (κ1) is 30.8. The Morgan fingerprint density at radius 3 is 1.55 bits per heavy atom. The lowest BCUT2D eigenvalue weighted by molar-refractivity contribution is 0.530. The van der Waals surface area contributed by atoms with E-state index in [9.17, 15) is 0 Å². The molecule has 0 radical (unpaired) electrons. The smallest absolute Gasteiger partial charge is 0.268 e. The van der Waals surface area contributed by atoms with Gasteiger partial charge in [0, 0.05) is 54.2 Å². The van der Waals surface area contributed by atoms with E-state index in [4.69, 9.17) is 14.4 Å². The van der Waals surface area contributed by atoms with Crippen LogP contribution in [0.3, 0.4) is 0 Å². The van der Waals surface area contributed by atoms with Gasteiger partial charge in [-0.2, -0.15) is 10.2 Å². The second kappa shape index (κ2) is 13.1. The largest absolute Gasteiger partial charge is 0.420 e. The van der Waals surface area contributed by atoms with Crippen LogP contribution in [0.25, 0.3) is 45.2 Å². The number of pyridine rings is 2. The zero-order chi connectivity index (χ0) is 32.5. The minimum Gasteiger partial charge on any atom is -0.420 e. The van der Waals surface area contributed by atoms with Crippen LogP contribution < -0.4 is 9.80 Å². The fourth-order valence-corrected chi connectivity index (χ4v) is 6.52. The summed E-state index contributed by atoms with van der Waals surface area (Å²) < 4.78 is 11.1. The van der Waals surface area contributed by atoms with Crippen molar-refractivity contribution in [3.63, 3.8) is 0 Å². The minimum atomic E-state index is 0.442. The van der Waals surface area contributed by atoms with Crippen LogP contribution in [0.4, 0.5) is 11.6 Å². The fourth-order valence-electron chi connectivity index (χ4n) is 6.52. The normalized spacial score (nSPS) is 15.9. The van der Waals surface area contributed by atoms with E-state index in [1.165, 1.54) is 51.4 Å².